The predicted octanol–water partition coefficient (Wildman–Crippen LogP) is 2.42. The molecule has 102 valence electrons. The van der Waals surface area contributed by atoms with Gasteiger partial charge in [0.1, 0.15) is 0 Å². The number of hydrogen-bond donors (Lipinski definition) is 1. The zero-order chi connectivity index (χ0) is 13.4. The molecule has 0 saturated carbocycles. The molecular weight excluding hydrogens is 351 g/mol. The number of amides is 1. The smallest absolute Gasteiger partial charge is 0.255 e. The van der Waals surface area contributed by atoms with Crippen molar-refractivity contribution in [3.8, 4) is 0 Å². The predicted molar refractivity (Wildman–Crippen MR) is 84.3 cm³/mol. The second-order valence-corrected chi connectivity index (χ2v) is 6.69. The zero-order valence-corrected chi connectivity index (χ0v) is 13.3. The van der Waals surface area contributed by atoms with Crippen LogP contribution in [-0.2, 0) is 0 Å². The van der Waals surface area contributed by atoms with Crippen LogP contribution < -0.4 is 5.32 Å². The Balaban J connectivity index is 1.79. The molecule has 3 nitrogen and oxygen atoms in total. The number of rotatable bonds is 1. The zero-order valence-electron chi connectivity index (χ0n) is 11.2. The molecule has 0 bridgehead atoms. The molecule has 2 heterocycles. The van der Waals surface area contributed by atoms with Crippen LogP contribution in [-0.4, -0.2) is 36.5 Å². The van der Waals surface area contributed by atoms with Crippen molar-refractivity contribution in [3.05, 3.63) is 32.9 Å². The quantitative estimate of drug-likeness (QED) is 0.771. The van der Waals surface area contributed by atoms with Crippen molar-refractivity contribution >= 4 is 28.5 Å². The number of nitrogens with zero attached hydrogens (tertiary/aromatic N) is 1. The summed E-state index contributed by atoms with van der Waals surface area (Å²) in [7, 11) is 0. The minimum atomic E-state index is 0.198. The molecule has 1 amide bonds. The Morgan fingerprint density at radius 2 is 2.26 bits per heavy atom. The Morgan fingerprint density at radius 1 is 1.42 bits per heavy atom. The summed E-state index contributed by atoms with van der Waals surface area (Å²) in [6, 6.07) is 6.50. The van der Waals surface area contributed by atoms with Gasteiger partial charge < -0.3 is 10.2 Å². The van der Waals surface area contributed by atoms with Crippen molar-refractivity contribution in [2.75, 3.05) is 19.6 Å². The highest BCUT2D eigenvalue weighted by molar-refractivity contribution is 14.1. The van der Waals surface area contributed by atoms with Gasteiger partial charge in [-0.3, -0.25) is 4.79 Å². The van der Waals surface area contributed by atoms with Gasteiger partial charge in [0.2, 0.25) is 0 Å². The second kappa shape index (κ2) is 5.40. The summed E-state index contributed by atoms with van der Waals surface area (Å²) >= 11 is 2.28. The molecule has 2 saturated heterocycles. The van der Waals surface area contributed by atoms with Gasteiger partial charge in [-0.15, -0.1) is 0 Å². The lowest BCUT2D eigenvalue weighted by Gasteiger charge is -2.24. The van der Waals surface area contributed by atoms with Crippen LogP contribution in [0.1, 0.15) is 28.8 Å². The van der Waals surface area contributed by atoms with Gasteiger partial charge >= 0.3 is 0 Å². The van der Waals surface area contributed by atoms with E-state index in [2.05, 4.69) is 40.9 Å². The van der Waals surface area contributed by atoms with E-state index in [-0.39, 0.29) is 5.91 Å². The van der Waals surface area contributed by atoms with Crippen LogP contribution in [0.25, 0.3) is 0 Å². The van der Waals surface area contributed by atoms with Crippen molar-refractivity contribution in [3.63, 3.8) is 0 Å². The molecule has 2 atom stereocenters. The standard InChI is InChI=1S/C15H19IN2O/c1-10-4-2-6-12(14(10)16)15(19)18-8-11-5-3-7-17-13(11)9-18/h2,4,6,11,13,17H,3,5,7-9H2,1H3. The molecule has 2 unspecified atom stereocenters. The first kappa shape index (κ1) is 13.4. The van der Waals surface area contributed by atoms with E-state index in [0.29, 0.717) is 12.0 Å². The summed E-state index contributed by atoms with van der Waals surface area (Å²) in [5.41, 5.74) is 2.04. The summed E-state index contributed by atoms with van der Waals surface area (Å²) in [6.45, 7) is 4.95. The molecule has 3 rings (SSSR count). The Hall–Kier alpha value is -0.620. The molecule has 0 aliphatic carbocycles. The normalized spacial score (nSPS) is 26.3. The average Bonchev–Trinajstić information content (AvgIpc) is 2.85. The van der Waals surface area contributed by atoms with Crippen molar-refractivity contribution in [1.82, 2.24) is 10.2 Å². The lowest BCUT2D eigenvalue weighted by atomic mass is 9.94. The summed E-state index contributed by atoms with van der Waals surface area (Å²) in [5.74, 6) is 0.851. The monoisotopic (exact) mass is 370 g/mol. The molecule has 19 heavy (non-hydrogen) atoms. The molecule has 1 N–H and O–H groups in total. The lowest BCUT2D eigenvalue weighted by molar-refractivity contribution is 0.0784. The van der Waals surface area contributed by atoms with Crippen LogP contribution in [0, 0.1) is 16.4 Å². The average molecular weight is 370 g/mol. The summed E-state index contributed by atoms with van der Waals surface area (Å²) < 4.78 is 1.09. The van der Waals surface area contributed by atoms with Crippen molar-refractivity contribution in [2.45, 2.75) is 25.8 Å². The fourth-order valence-electron chi connectivity index (χ4n) is 3.20. The maximum absolute atomic E-state index is 12.7. The third-order valence-electron chi connectivity index (χ3n) is 4.31. The van der Waals surface area contributed by atoms with E-state index >= 15 is 0 Å². The van der Waals surface area contributed by atoms with Gasteiger partial charge in [-0.25, -0.2) is 0 Å². The van der Waals surface area contributed by atoms with E-state index < -0.39 is 0 Å². The first-order chi connectivity index (χ1) is 9.16. The minimum absolute atomic E-state index is 0.198. The van der Waals surface area contributed by atoms with E-state index in [1.807, 2.05) is 17.0 Å². The number of piperidine rings is 1. The van der Waals surface area contributed by atoms with Gasteiger partial charge in [-0.05, 0) is 66.4 Å². The topological polar surface area (TPSA) is 32.3 Å². The maximum Gasteiger partial charge on any atom is 0.255 e. The van der Waals surface area contributed by atoms with E-state index in [1.54, 1.807) is 0 Å². The van der Waals surface area contributed by atoms with Crippen LogP contribution in [0.3, 0.4) is 0 Å². The molecule has 4 heteroatoms. The van der Waals surface area contributed by atoms with E-state index in [0.717, 1.165) is 28.8 Å². The maximum atomic E-state index is 12.7. The Bertz CT molecular complexity index is 489. The fourth-order valence-corrected chi connectivity index (χ4v) is 3.79. The number of aryl methyl sites for hydroxylation is 1. The Morgan fingerprint density at radius 3 is 3.05 bits per heavy atom. The number of fused-ring (bicyclic) bond motifs is 1. The SMILES string of the molecule is Cc1cccc(C(=O)N2CC3CCCNC3C2)c1I. The summed E-state index contributed by atoms with van der Waals surface area (Å²) in [6.07, 6.45) is 2.50. The number of likely N-dealkylation sites (tertiary alicyclic amines) is 1. The van der Waals surface area contributed by atoms with Crippen LogP contribution in [0.15, 0.2) is 18.2 Å². The fraction of sp³-hybridized carbons (Fsp3) is 0.533. The number of benzene rings is 1. The van der Waals surface area contributed by atoms with Gasteiger partial charge in [0, 0.05) is 22.7 Å². The van der Waals surface area contributed by atoms with E-state index in [4.69, 9.17) is 0 Å². The number of hydrogen-bond acceptors (Lipinski definition) is 2. The molecule has 0 spiro atoms. The molecule has 2 aliphatic rings. The molecule has 0 aromatic heterocycles. The first-order valence-electron chi connectivity index (χ1n) is 6.94. The van der Waals surface area contributed by atoms with Crippen molar-refractivity contribution in [1.29, 1.82) is 0 Å². The van der Waals surface area contributed by atoms with Gasteiger partial charge in [0.15, 0.2) is 0 Å². The Kier molecular flexibility index (Phi) is 3.80. The molecule has 0 radical (unpaired) electrons. The van der Waals surface area contributed by atoms with Crippen LogP contribution in [0.2, 0.25) is 0 Å². The molecule has 2 aliphatic heterocycles. The molecular formula is C15H19IN2O. The number of carbonyl (C=O) groups excluding carboxylic acids is 1. The molecule has 1 aromatic rings. The van der Waals surface area contributed by atoms with Gasteiger partial charge in [-0.1, -0.05) is 12.1 Å². The van der Waals surface area contributed by atoms with E-state index in [1.165, 1.54) is 18.4 Å². The molecule has 1 aromatic carbocycles. The van der Waals surface area contributed by atoms with Gasteiger partial charge in [0.25, 0.3) is 5.91 Å². The van der Waals surface area contributed by atoms with Crippen molar-refractivity contribution in [2.24, 2.45) is 5.92 Å². The van der Waals surface area contributed by atoms with E-state index in [9.17, 15) is 4.79 Å². The number of nitrogens with one attached hydrogen (secondary N) is 1. The molecule has 2 fully saturated rings. The van der Waals surface area contributed by atoms with Crippen LogP contribution >= 0.6 is 22.6 Å². The highest BCUT2D eigenvalue weighted by atomic mass is 127. The third kappa shape index (κ3) is 2.52. The second-order valence-electron chi connectivity index (χ2n) is 5.61. The van der Waals surface area contributed by atoms with Gasteiger partial charge in [-0.2, -0.15) is 0 Å². The highest BCUT2D eigenvalue weighted by Gasteiger charge is 2.36. The minimum Gasteiger partial charge on any atom is -0.337 e. The van der Waals surface area contributed by atoms with Gasteiger partial charge in [0.05, 0.1) is 5.56 Å². The highest BCUT2D eigenvalue weighted by Crippen LogP contribution is 2.27. The number of halogens is 1. The van der Waals surface area contributed by atoms with Crippen molar-refractivity contribution < 1.29 is 4.79 Å². The van der Waals surface area contributed by atoms with Crippen LogP contribution in [0.4, 0.5) is 0 Å². The largest absolute Gasteiger partial charge is 0.337 e. The van der Waals surface area contributed by atoms with Crippen LogP contribution in [0.5, 0.6) is 0 Å². The third-order valence-corrected chi connectivity index (χ3v) is 5.74. The summed E-state index contributed by atoms with van der Waals surface area (Å²) in [4.78, 5) is 14.7. The first-order valence-corrected chi connectivity index (χ1v) is 8.02. The number of carbonyl (C=O) groups is 1. The summed E-state index contributed by atoms with van der Waals surface area (Å²) in [5, 5.41) is 3.55. The Labute approximate surface area is 127 Å². The lowest BCUT2D eigenvalue weighted by Crippen LogP contribution is -2.41.